The molecule has 2 N–H and O–H groups in total. The van der Waals surface area contributed by atoms with E-state index in [1.54, 1.807) is 11.3 Å². The molecule has 0 bridgehead atoms. The highest BCUT2D eigenvalue weighted by Crippen LogP contribution is 2.29. The molecule has 6 nitrogen and oxygen atoms in total. The molecule has 3 rings (SSSR count). The second kappa shape index (κ2) is 12.8. The van der Waals surface area contributed by atoms with Gasteiger partial charge >= 0.3 is 0 Å². The van der Waals surface area contributed by atoms with Gasteiger partial charge in [0.15, 0.2) is 5.96 Å². The van der Waals surface area contributed by atoms with Crippen LogP contribution in [0.5, 0.6) is 0 Å². The quantitative estimate of drug-likeness (QED) is 0.299. The van der Waals surface area contributed by atoms with Gasteiger partial charge in [0.25, 0.3) is 0 Å². The number of aryl methyl sites for hydroxylation is 1. The molecule has 29 heavy (non-hydrogen) atoms. The normalized spacial score (nSPS) is 16.3. The van der Waals surface area contributed by atoms with Gasteiger partial charge in [-0.2, -0.15) is 0 Å². The second-order valence-corrected chi connectivity index (χ2v) is 9.14. The van der Waals surface area contributed by atoms with Crippen molar-refractivity contribution in [2.24, 2.45) is 4.99 Å². The Balaban J connectivity index is 0.00000300. The third-order valence-corrected chi connectivity index (χ3v) is 6.66. The van der Waals surface area contributed by atoms with Crippen LogP contribution >= 0.6 is 46.7 Å². The van der Waals surface area contributed by atoms with Gasteiger partial charge in [0.1, 0.15) is 0 Å². The number of halogens is 1. The molecule has 1 fully saturated rings. The van der Waals surface area contributed by atoms with E-state index in [0.717, 1.165) is 69.0 Å². The predicted octanol–water partition coefficient (Wildman–Crippen LogP) is 3.62. The van der Waals surface area contributed by atoms with E-state index < -0.39 is 0 Å². The lowest BCUT2D eigenvalue weighted by atomic mass is 10.2. The highest BCUT2D eigenvalue weighted by Gasteiger charge is 2.16. The summed E-state index contributed by atoms with van der Waals surface area (Å²) in [6, 6.07) is 4.82. The number of thiazole rings is 1. The van der Waals surface area contributed by atoms with E-state index in [2.05, 4.69) is 51.9 Å². The molecule has 162 valence electrons. The number of nitrogens with one attached hydrogen (secondary N) is 2. The van der Waals surface area contributed by atoms with Gasteiger partial charge in [-0.1, -0.05) is 0 Å². The van der Waals surface area contributed by atoms with E-state index in [1.807, 2.05) is 18.3 Å². The molecule has 2 aromatic rings. The van der Waals surface area contributed by atoms with Crippen molar-refractivity contribution in [2.45, 2.75) is 33.2 Å². The standard InChI is InChI=1S/C20H31N5OS2.HI/c1-4-21-20(23-13-15(2)25-9-11-26-12-10-25)22-8-7-17-5-6-19(28-17)18-14-27-16(3)24-18;/h5-6,14-15H,4,7-13H2,1-3H3,(H2,21,22,23);1H. The Bertz CT molecular complexity index is 758. The van der Waals surface area contributed by atoms with Crippen LogP contribution in [0.2, 0.25) is 0 Å². The van der Waals surface area contributed by atoms with Crippen molar-refractivity contribution in [3.63, 3.8) is 0 Å². The summed E-state index contributed by atoms with van der Waals surface area (Å²) >= 11 is 3.53. The monoisotopic (exact) mass is 549 g/mol. The lowest BCUT2D eigenvalue weighted by Gasteiger charge is -2.31. The van der Waals surface area contributed by atoms with Gasteiger partial charge in [-0.15, -0.1) is 46.7 Å². The summed E-state index contributed by atoms with van der Waals surface area (Å²) in [5.74, 6) is 0.898. The SMILES string of the molecule is CCNC(=NCC(C)N1CCOCC1)NCCc1ccc(-c2csc(C)n2)s1.I. The first-order valence-electron chi connectivity index (χ1n) is 10.0. The van der Waals surface area contributed by atoms with E-state index in [0.29, 0.717) is 6.04 Å². The van der Waals surface area contributed by atoms with Crippen LogP contribution in [0.4, 0.5) is 0 Å². The number of nitrogens with zero attached hydrogens (tertiary/aromatic N) is 3. The molecule has 0 aromatic carbocycles. The number of hydrogen-bond acceptors (Lipinski definition) is 6. The number of guanidine groups is 1. The van der Waals surface area contributed by atoms with Crippen LogP contribution in [0.3, 0.4) is 0 Å². The van der Waals surface area contributed by atoms with Gasteiger partial charge in [0.05, 0.1) is 35.3 Å². The zero-order valence-electron chi connectivity index (χ0n) is 17.4. The summed E-state index contributed by atoms with van der Waals surface area (Å²) in [6.07, 6.45) is 0.983. The third-order valence-electron chi connectivity index (χ3n) is 4.72. The Morgan fingerprint density at radius 1 is 1.31 bits per heavy atom. The fourth-order valence-electron chi connectivity index (χ4n) is 3.13. The van der Waals surface area contributed by atoms with Crippen LogP contribution in [-0.2, 0) is 11.2 Å². The van der Waals surface area contributed by atoms with Crippen molar-refractivity contribution in [2.75, 3.05) is 45.9 Å². The Morgan fingerprint density at radius 2 is 2.10 bits per heavy atom. The van der Waals surface area contributed by atoms with Gasteiger partial charge in [-0.25, -0.2) is 4.98 Å². The van der Waals surface area contributed by atoms with E-state index in [9.17, 15) is 0 Å². The van der Waals surface area contributed by atoms with Crippen LogP contribution in [0.1, 0.15) is 23.7 Å². The van der Waals surface area contributed by atoms with Crippen molar-refractivity contribution in [1.82, 2.24) is 20.5 Å². The molecule has 1 atom stereocenters. The number of aromatic nitrogens is 1. The molecule has 3 heterocycles. The minimum atomic E-state index is 0. The Labute approximate surface area is 199 Å². The van der Waals surface area contributed by atoms with Gasteiger partial charge in [-0.3, -0.25) is 9.89 Å². The number of aliphatic imine (C=N–C) groups is 1. The average Bonchev–Trinajstić information content (AvgIpc) is 3.35. The largest absolute Gasteiger partial charge is 0.379 e. The first-order chi connectivity index (χ1) is 13.7. The van der Waals surface area contributed by atoms with Crippen LogP contribution < -0.4 is 10.6 Å². The summed E-state index contributed by atoms with van der Waals surface area (Å²) in [7, 11) is 0. The fraction of sp³-hybridized carbons (Fsp3) is 0.600. The molecule has 0 saturated carbocycles. The summed E-state index contributed by atoms with van der Waals surface area (Å²) in [4.78, 5) is 14.4. The van der Waals surface area contributed by atoms with Gasteiger partial charge in [-0.05, 0) is 39.3 Å². The maximum atomic E-state index is 5.44. The summed E-state index contributed by atoms with van der Waals surface area (Å²) in [5, 5.41) is 10.1. The highest BCUT2D eigenvalue weighted by atomic mass is 127. The third kappa shape index (κ3) is 7.78. The molecule has 1 aliphatic rings. The zero-order chi connectivity index (χ0) is 19.8. The number of rotatable bonds is 8. The minimum absolute atomic E-state index is 0. The highest BCUT2D eigenvalue weighted by molar-refractivity contribution is 14.0. The van der Waals surface area contributed by atoms with Crippen LogP contribution in [0.15, 0.2) is 22.5 Å². The van der Waals surface area contributed by atoms with Crippen LogP contribution in [0, 0.1) is 6.92 Å². The molecule has 1 saturated heterocycles. The summed E-state index contributed by atoms with van der Waals surface area (Å²) in [6.45, 7) is 12.6. The predicted molar refractivity (Wildman–Crippen MR) is 135 cm³/mol. The van der Waals surface area contributed by atoms with E-state index in [-0.39, 0.29) is 24.0 Å². The summed E-state index contributed by atoms with van der Waals surface area (Å²) < 4.78 is 5.44. The molecule has 9 heteroatoms. The molecular weight excluding hydrogens is 517 g/mol. The molecule has 0 amide bonds. The molecule has 0 radical (unpaired) electrons. The smallest absolute Gasteiger partial charge is 0.191 e. The van der Waals surface area contributed by atoms with Crippen molar-refractivity contribution in [1.29, 1.82) is 0 Å². The Hall–Kier alpha value is -0.750. The first-order valence-corrected chi connectivity index (χ1v) is 11.7. The number of morpholine rings is 1. The van der Waals surface area contributed by atoms with Crippen molar-refractivity contribution < 1.29 is 4.74 Å². The zero-order valence-corrected chi connectivity index (χ0v) is 21.4. The lowest BCUT2D eigenvalue weighted by Crippen LogP contribution is -2.44. The molecular formula is C20H32IN5OS2. The average molecular weight is 550 g/mol. The molecule has 1 aliphatic heterocycles. The molecule has 2 aromatic heterocycles. The topological polar surface area (TPSA) is 61.8 Å². The number of thiophene rings is 1. The molecule has 0 spiro atoms. The maximum Gasteiger partial charge on any atom is 0.191 e. The van der Waals surface area contributed by atoms with E-state index in [1.165, 1.54) is 9.75 Å². The Morgan fingerprint density at radius 3 is 2.79 bits per heavy atom. The van der Waals surface area contributed by atoms with Gasteiger partial charge < -0.3 is 15.4 Å². The van der Waals surface area contributed by atoms with Gasteiger partial charge in [0.2, 0.25) is 0 Å². The summed E-state index contributed by atoms with van der Waals surface area (Å²) in [5.41, 5.74) is 1.10. The molecule has 1 unspecified atom stereocenters. The second-order valence-electron chi connectivity index (χ2n) is 6.91. The Kier molecular flexibility index (Phi) is 10.9. The van der Waals surface area contributed by atoms with Gasteiger partial charge in [0, 0.05) is 42.5 Å². The van der Waals surface area contributed by atoms with Crippen molar-refractivity contribution in [3.05, 3.63) is 27.4 Å². The lowest BCUT2D eigenvalue weighted by molar-refractivity contribution is 0.0220. The van der Waals surface area contributed by atoms with Crippen molar-refractivity contribution in [3.8, 4) is 10.6 Å². The number of hydrogen-bond donors (Lipinski definition) is 2. The van der Waals surface area contributed by atoms with Crippen LogP contribution in [-0.4, -0.2) is 67.8 Å². The van der Waals surface area contributed by atoms with E-state index >= 15 is 0 Å². The molecule has 0 aliphatic carbocycles. The van der Waals surface area contributed by atoms with Crippen LogP contribution in [0.25, 0.3) is 10.6 Å². The van der Waals surface area contributed by atoms with Crippen molar-refractivity contribution >= 4 is 52.6 Å². The fourth-order valence-corrected chi connectivity index (χ4v) is 4.78. The first kappa shape index (κ1) is 24.5. The number of ether oxygens (including phenoxy) is 1. The minimum Gasteiger partial charge on any atom is -0.379 e. The van der Waals surface area contributed by atoms with E-state index in [4.69, 9.17) is 9.73 Å². The maximum absolute atomic E-state index is 5.44.